The molecule has 2 aromatic rings. The largest absolute Gasteiger partial charge is 0.490 e. The van der Waals surface area contributed by atoms with Gasteiger partial charge >= 0.3 is 5.69 Å². The van der Waals surface area contributed by atoms with Crippen LogP contribution in [0.2, 0.25) is 0 Å². The Morgan fingerprint density at radius 3 is 2.41 bits per heavy atom. The van der Waals surface area contributed by atoms with Gasteiger partial charge < -0.3 is 4.74 Å². The fraction of sp³-hybridized carbons (Fsp3) is 0.111. The van der Waals surface area contributed by atoms with Gasteiger partial charge in [0.05, 0.1) is 28.4 Å². The maximum Gasteiger partial charge on any atom is 0.311 e. The van der Waals surface area contributed by atoms with E-state index in [4.69, 9.17) is 4.74 Å². The molecule has 29 heavy (non-hydrogen) atoms. The standard InChI is InChI=1S/C18H13N3O7S/c1-28-15-7-6-11(8-14(15)21(26)27)9-16-17(22)19(18(23)29-16)10-12-4-2-3-5-13(12)20(24)25/h2-9H,10H2,1H3/b16-9+. The molecule has 0 saturated carbocycles. The highest BCUT2D eigenvalue weighted by Gasteiger charge is 2.36. The molecule has 0 unspecified atom stereocenters. The van der Waals surface area contributed by atoms with Crippen molar-refractivity contribution >= 4 is 40.4 Å². The van der Waals surface area contributed by atoms with Crippen molar-refractivity contribution in [2.75, 3.05) is 7.11 Å². The number of methoxy groups -OCH3 is 1. The summed E-state index contributed by atoms with van der Waals surface area (Å²) in [6.45, 7) is -0.248. The fourth-order valence-corrected chi connectivity index (χ4v) is 3.56. The first-order valence-electron chi connectivity index (χ1n) is 8.12. The van der Waals surface area contributed by atoms with Gasteiger partial charge in [-0.25, -0.2) is 0 Å². The molecule has 0 atom stereocenters. The van der Waals surface area contributed by atoms with E-state index >= 15 is 0 Å². The lowest BCUT2D eigenvalue weighted by molar-refractivity contribution is -0.385. The Hall–Kier alpha value is -3.73. The van der Waals surface area contributed by atoms with Gasteiger partial charge in [-0.3, -0.25) is 34.7 Å². The third kappa shape index (κ3) is 4.09. The molecule has 1 aliphatic rings. The number of benzene rings is 2. The van der Waals surface area contributed by atoms with Crippen molar-refractivity contribution < 1.29 is 24.2 Å². The second-order valence-corrected chi connectivity index (χ2v) is 6.84. The van der Waals surface area contributed by atoms with Crippen molar-refractivity contribution in [3.8, 4) is 5.75 Å². The molecule has 1 saturated heterocycles. The highest BCUT2D eigenvalue weighted by molar-refractivity contribution is 8.18. The lowest BCUT2D eigenvalue weighted by Crippen LogP contribution is -2.27. The van der Waals surface area contributed by atoms with E-state index in [1.54, 1.807) is 6.07 Å². The molecule has 1 heterocycles. The topological polar surface area (TPSA) is 133 Å². The minimum absolute atomic E-state index is 0.0630. The molecule has 10 nitrogen and oxygen atoms in total. The molecule has 2 aromatic carbocycles. The lowest BCUT2D eigenvalue weighted by Gasteiger charge is -2.12. The van der Waals surface area contributed by atoms with Crippen molar-refractivity contribution in [2.24, 2.45) is 0 Å². The Morgan fingerprint density at radius 2 is 1.76 bits per heavy atom. The van der Waals surface area contributed by atoms with Crippen LogP contribution in [0.3, 0.4) is 0 Å². The molecule has 3 rings (SSSR count). The van der Waals surface area contributed by atoms with E-state index in [1.165, 1.54) is 49.6 Å². The quantitative estimate of drug-likeness (QED) is 0.396. The van der Waals surface area contributed by atoms with Crippen molar-refractivity contribution in [3.63, 3.8) is 0 Å². The van der Waals surface area contributed by atoms with E-state index in [0.29, 0.717) is 17.3 Å². The van der Waals surface area contributed by atoms with Crippen LogP contribution in [-0.2, 0) is 11.3 Å². The Morgan fingerprint density at radius 1 is 1.07 bits per heavy atom. The lowest BCUT2D eigenvalue weighted by atomic mass is 10.1. The highest BCUT2D eigenvalue weighted by atomic mass is 32.2. The number of carbonyl (C=O) groups excluding carboxylic acids is 2. The van der Waals surface area contributed by atoms with Crippen LogP contribution in [0.5, 0.6) is 5.75 Å². The summed E-state index contributed by atoms with van der Waals surface area (Å²) < 4.78 is 4.93. The number of hydrogen-bond acceptors (Lipinski definition) is 8. The smallest absolute Gasteiger partial charge is 0.311 e. The number of hydrogen-bond donors (Lipinski definition) is 0. The zero-order valence-electron chi connectivity index (χ0n) is 14.9. The third-order valence-corrected chi connectivity index (χ3v) is 5.00. The third-order valence-electron chi connectivity index (χ3n) is 4.09. The molecular weight excluding hydrogens is 402 g/mol. The van der Waals surface area contributed by atoms with E-state index in [1.807, 2.05) is 0 Å². The Kier molecular flexibility index (Phi) is 5.59. The number of imide groups is 1. The summed E-state index contributed by atoms with van der Waals surface area (Å²) in [5.74, 6) is -0.562. The Labute approximate surface area is 168 Å². The summed E-state index contributed by atoms with van der Waals surface area (Å²) in [6.07, 6.45) is 1.36. The minimum atomic E-state index is -0.628. The molecular formula is C18H13N3O7S. The second-order valence-electron chi connectivity index (χ2n) is 5.84. The van der Waals surface area contributed by atoms with Crippen LogP contribution in [-0.4, -0.2) is 33.0 Å². The van der Waals surface area contributed by atoms with Crippen LogP contribution in [0.4, 0.5) is 16.2 Å². The molecule has 148 valence electrons. The summed E-state index contributed by atoms with van der Waals surface area (Å²) >= 11 is 0.662. The number of thioether (sulfide) groups is 1. The predicted octanol–water partition coefficient (Wildman–Crippen LogP) is 3.75. The molecule has 2 amide bonds. The van der Waals surface area contributed by atoms with Gasteiger partial charge in [0.15, 0.2) is 5.75 Å². The molecule has 0 spiro atoms. The first kappa shape index (κ1) is 20.0. The molecule has 1 aliphatic heterocycles. The van der Waals surface area contributed by atoms with E-state index in [-0.39, 0.29) is 34.1 Å². The van der Waals surface area contributed by atoms with Crippen LogP contribution in [0, 0.1) is 20.2 Å². The maximum atomic E-state index is 12.6. The van der Waals surface area contributed by atoms with Crippen LogP contribution in [0.25, 0.3) is 6.08 Å². The Balaban J connectivity index is 1.89. The zero-order valence-corrected chi connectivity index (χ0v) is 15.8. The molecule has 0 bridgehead atoms. The molecule has 0 N–H and O–H groups in total. The molecule has 1 fully saturated rings. The number of ether oxygens (including phenoxy) is 1. The minimum Gasteiger partial charge on any atom is -0.490 e. The van der Waals surface area contributed by atoms with Crippen LogP contribution in [0.15, 0.2) is 47.4 Å². The first-order chi connectivity index (χ1) is 13.8. The number of nitrogens with zero attached hydrogens (tertiary/aromatic N) is 3. The van der Waals surface area contributed by atoms with Gasteiger partial charge in [-0.1, -0.05) is 24.3 Å². The molecule has 0 radical (unpaired) electrons. The average Bonchev–Trinajstić information content (AvgIpc) is 2.95. The predicted molar refractivity (Wildman–Crippen MR) is 104 cm³/mol. The number of amides is 2. The SMILES string of the molecule is COc1ccc(/C=C2/SC(=O)N(Cc3ccccc3[N+](=O)[O-])C2=O)cc1[N+](=O)[O-]. The van der Waals surface area contributed by atoms with Crippen molar-refractivity contribution in [3.05, 3.63) is 78.7 Å². The normalized spacial score (nSPS) is 15.1. The van der Waals surface area contributed by atoms with Crippen LogP contribution < -0.4 is 4.74 Å². The van der Waals surface area contributed by atoms with Crippen molar-refractivity contribution in [1.29, 1.82) is 0 Å². The summed E-state index contributed by atoms with van der Waals surface area (Å²) in [4.78, 5) is 47.0. The number of rotatable bonds is 6. The Bertz CT molecular complexity index is 1070. The van der Waals surface area contributed by atoms with Gasteiger partial charge in [-0.05, 0) is 29.5 Å². The summed E-state index contributed by atoms with van der Waals surface area (Å²) in [5.41, 5.74) is 0.0940. The van der Waals surface area contributed by atoms with Crippen LogP contribution >= 0.6 is 11.8 Å². The molecule has 11 heteroatoms. The summed E-state index contributed by atoms with van der Waals surface area (Å²) in [5, 5.41) is 21.7. The fourth-order valence-electron chi connectivity index (χ4n) is 2.72. The van der Waals surface area contributed by atoms with Gasteiger partial charge in [-0.2, -0.15) is 0 Å². The van der Waals surface area contributed by atoms with Gasteiger partial charge in [0.2, 0.25) is 0 Å². The van der Waals surface area contributed by atoms with Crippen LogP contribution in [0.1, 0.15) is 11.1 Å². The van der Waals surface area contributed by atoms with Crippen molar-refractivity contribution in [1.82, 2.24) is 4.90 Å². The zero-order chi connectivity index (χ0) is 21.1. The van der Waals surface area contributed by atoms with E-state index in [0.717, 1.165) is 4.90 Å². The highest BCUT2D eigenvalue weighted by Crippen LogP contribution is 2.35. The molecule has 0 aromatic heterocycles. The molecule has 0 aliphatic carbocycles. The maximum absolute atomic E-state index is 12.6. The van der Waals surface area contributed by atoms with E-state index in [9.17, 15) is 29.8 Å². The second kappa shape index (κ2) is 8.10. The van der Waals surface area contributed by atoms with E-state index in [2.05, 4.69) is 0 Å². The summed E-state index contributed by atoms with van der Waals surface area (Å²) in [6, 6.07) is 9.97. The first-order valence-corrected chi connectivity index (χ1v) is 8.93. The van der Waals surface area contributed by atoms with Crippen molar-refractivity contribution in [2.45, 2.75) is 6.54 Å². The monoisotopic (exact) mass is 415 g/mol. The van der Waals surface area contributed by atoms with Gasteiger partial charge in [0.1, 0.15) is 0 Å². The van der Waals surface area contributed by atoms with Gasteiger partial charge in [0, 0.05) is 17.7 Å². The van der Waals surface area contributed by atoms with E-state index < -0.39 is 21.0 Å². The van der Waals surface area contributed by atoms with Gasteiger partial charge in [0.25, 0.3) is 16.8 Å². The average molecular weight is 415 g/mol. The number of carbonyl (C=O) groups is 2. The summed E-state index contributed by atoms with van der Waals surface area (Å²) in [7, 11) is 1.30. The number of nitro groups is 2. The van der Waals surface area contributed by atoms with Gasteiger partial charge in [-0.15, -0.1) is 0 Å². The number of nitro benzene ring substituents is 2. The number of para-hydroxylation sites is 1.